The van der Waals surface area contributed by atoms with Crippen molar-refractivity contribution in [2.24, 2.45) is 0 Å². The van der Waals surface area contributed by atoms with Gasteiger partial charge in [0, 0.05) is 47.4 Å². The minimum Gasteiger partial charge on any atom is -0.354 e. The number of benzene rings is 1. The van der Waals surface area contributed by atoms with Crippen LogP contribution in [0.5, 0.6) is 0 Å². The van der Waals surface area contributed by atoms with Gasteiger partial charge in [-0.05, 0) is 30.2 Å². The molecule has 4 rings (SSSR count). The van der Waals surface area contributed by atoms with Gasteiger partial charge in [-0.25, -0.2) is 4.98 Å². The van der Waals surface area contributed by atoms with Gasteiger partial charge in [0.1, 0.15) is 5.65 Å². The summed E-state index contributed by atoms with van der Waals surface area (Å²) < 4.78 is 0. The van der Waals surface area contributed by atoms with Gasteiger partial charge in [-0.15, -0.1) is 0 Å². The molecule has 6 heteroatoms. The number of nitrogens with zero attached hydrogens (tertiary/aromatic N) is 2. The second-order valence-corrected chi connectivity index (χ2v) is 7.02. The van der Waals surface area contributed by atoms with Crippen molar-refractivity contribution < 1.29 is 4.79 Å². The summed E-state index contributed by atoms with van der Waals surface area (Å²) in [6.07, 6.45) is 3.79. The molecule has 0 fully saturated rings. The molecule has 0 aliphatic carbocycles. The average molecular weight is 335 g/mol. The van der Waals surface area contributed by atoms with E-state index in [-0.39, 0.29) is 11.3 Å². The number of amides is 1. The van der Waals surface area contributed by atoms with Crippen LogP contribution in [-0.4, -0.2) is 33.9 Å². The summed E-state index contributed by atoms with van der Waals surface area (Å²) in [5.74, 6) is 0.616. The lowest BCUT2D eigenvalue weighted by Crippen LogP contribution is -2.43. The van der Waals surface area contributed by atoms with E-state index in [0.717, 1.165) is 39.8 Å². The Morgan fingerprint density at radius 1 is 1.28 bits per heavy atom. The highest BCUT2D eigenvalue weighted by molar-refractivity contribution is 5.99. The normalized spacial score (nSPS) is 15.7. The molecule has 3 heterocycles. The summed E-state index contributed by atoms with van der Waals surface area (Å²) in [4.78, 5) is 24.2. The molecule has 6 nitrogen and oxygen atoms in total. The Bertz CT molecular complexity index is 973. The molecule has 3 N–H and O–H groups in total. The number of H-pyrrole nitrogens is 1. The zero-order valence-corrected chi connectivity index (χ0v) is 14.6. The summed E-state index contributed by atoms with van der Waals surface area (Å²) in [5.41, 5.74) is 4.64. The van der Waals surface area contributed by atoms with Gasteiger partial charge in [0.05, 0.1) is 0 Å². The average Bonchev–Trinajstić information content (AvgIpc) is 3.02. The van der Waals surface area contributed by atoms with Crippen LogP contribution in [0.4, 0.5) is 5.95 Å². The Morgan fingerprint density at radius 2 is 2.12 bits per heavy atom. The van der Waals surface area contributed by atoms with E-state index in [9.17, 15) is 4.79 Å². The van der Waals surface area contributed by atoms with Crippen molar-refractivity contribution in [1.29, 1.82) is 0 Å². The van der Waals surface area contributed by atoms with E-state index < -0.39 is 0 Å². The van der Waals surface area contributed by atoms with Crippen molar-refractivity contribution in [3.63, 3.8) is 0 Å². The predicted octanol–water partition coefficient (Wildman–Crippen LogP) is 3.08. The fraction of sp³-hybridized carbons (Fsp3) is 0.316. The molecule has 0 unspecified atom stereocenters. The predicted molar refractivity (Wildman–Crippen MR) is 98.8 cm³/mol. The van der Waals surface area contributed by atoms with Crippen molar-refractivity contribution >= 4 is 22.9 Å². The number of carbonyl (C=O) groups excluding carboxylic acids is 1. The van der Waals surface area contributed by atoms with Gasteiger partial charge in [-0.3, -0.25) is 4.79 Å². The molecular weight excluding hydrogens is 314 g/mol. The topological polar surface area (TPSA) is 82.7 Å². The summed E-state index contributed by atoms with van der Waals surface area (Å²) in [7, 11) is 0. The molecule has 1 amide bonds. The highest BCUT2D eigenvalue weighted by Gasteiger charge is 2.31. The standard InChI is InChI=1S/C19H21N5O/c1-4-20-18-22-9-14-13(8-21-16(14)24-18)11-5-6-12-15(7-11)19(2,3)10-23-17(12)25/h5-9H,4,10H2,1-3H3,(H,23,25)(H2,20,21,22,24). The smallest absolute Gasteiger partial charge is 0.251 e. The third-order valence-corrected chi connectivity index (χ3v) is 4.76. The van der Waals surface area contributed by atoms with Crippen molar-refractivity contribution in [3.05, 3.63) is 41.7 Å². The molecule has 0 bridgehead atoms. The Hall–Kier alpha value is -2.89. The zero-order chi connectivity index (χ0) is 17.6. The molecule has 1 aliphatic heterocycles. The molecule has 2 aromatic heterocycles. The van der Waals surface area contributed by atoms with Gasteiger partial charge in [0.25, 0.3) is 5.91 Å². The second kappa shape index (κ2) is 5.58. The lowest BCUT2D eigenvalue weighted by atomic mass is 9.78. The lowest BCUT2D eigenvalue weighted by molar-refractivity contribution is 0.0930. The van der Waals surface area contributed by atoms with Crippen molar-refractivity contribution in [1.82, 2.24) is 20.3 Å². The molecule has 0 saturated heterocycles. The van der Waals surface area contributed by atoms with E-state index in [1.165, 1.54) is 0 Å². The number of hydrogen-bond donors (Lipinski definition) is 3. The first-order valence-electron chi connectivity index (χ1n) is 8.50. The second-order valence-electron chi connectivity index (χ2n) is 7.02. The Balaban J connectivity index is 1.83. The van der Waals surface area contributed by atoms with Crippen LogP contribution in [0, 0.1) is 0 Å². The fourth-order valence-electron chi connectivity index (χ4n) is 3.35. The molecule has 25 heavy (non-hydrogen) atoms. The monoisotopic (exact) mass is 335 g/mol. The van der Waals surface area contributed by atoms with Crippen LogP contribution in [0.25, 0.3) is 22.2 Å². The first kappa shape index (κ1) is 15.6. The molecule has 1 aromatic carbocycles. The minimum atomic E-state index is -0.0971. The fourth-order valence-corrected chi connectivity index (χ4v) is 3.35. The van der Waals surface area contributed by atoms with Crippen molar-refractivity contribution in [2.45, 2.75) is 26.2 Å². The van der Waals surface area contributed by atoms with Gasteiger partial charge >= 0.3 is 0 Å². The Labute approximate surface area is 146 Å². The lowest BCUT2D eigenvalue weighted by Gasteiger charge is -2.32. The van der Waals surface area contributed by atoms with Crippen LogP contribution in [0.1, 0.15) is 36.7 Å². The summed E-state index contributed by atoms with van der Waals surface area (Å²) in [5, 5.41) is 7.05. The van der Waals surface area contributed by atoms with E-state index in [0.29, 0.717) is 12.5 Å². The number of fused-ring (bicyclic) bond motifs is 2. The molecule has 128 valence electrons. The number of aromatic amines is 1. The number of nitrogens with one attached hydrogen (secondary N) is 3. The highest BCUT2D eigenvalue weighted by Crippen LogP contribution is 2.35. The van der Waals surface area contributed by atoms with Crippen LogP contribution in [-0.2, 0) is 5.41 Å². The van der Waals surface area contributed by atoms with Crippen LogP contribution < -0.4 is 10.6 Å². The van der Waals surface area contributed by atoms with Gasteiger partial charge in [0.15, 0.2) is 0 Å². The van der Waals surface area contributed by atoms with Crippen molar-refractivity contribution in [2.75, 3.05) is 18.4 Å². The third-order valence-electron chi connectivity index (χ3n) is 4.76. The molecule has 0 spiro atoms. The van der Waals surface area contributed by atoms with E-state index in [4.69, 9.17) is 0 Å². The van der Waals surface area contributed by atoms with E-state index in [2.05, 4.69) is 45.5 Å². The van der Waals surface area contributed by atoms with Gasteiger partial charge in [-0.1, -0.05) is 19.9 Å². The molecule has 1 aliphatic rings. The maximum absolute atomic E-state index is 12.1. The highest BCUT2D eigenvalue weighted by atomic mass is 16.1. The van der Waals surface area contributed by atoms with Crippen LogP contribution in [0.3, 0.4) is 0 Å². The number of anilines is 1. The minimum absolute atomic E-state index is 0.00147. The number of aromatic nitrogens is 3. The van der Waals surface area contributed by atoms with Crippen LogP contribution in [0.15, 0.2) is 30.6 Å². The van der Waals surface area contributed by atoms with Crippen LogP contribution in [0.2, 0.25) is 0 Å². The van der Waals surface area contributed by atoms with Gasteiger partial charge < -0.3 is 15.6 Å². The third kappa shape index (κ3) is 2.54. The SMILES string of the molecule is CCNc1ncc2c(-c3ccc4c(c3)C(C)(C)CNC4=O)c[nH]c2n1. The van der Waals surface area contributed by atoms with E-state index >= 15 is 0 Å². The van der Waals surface area contributed by atoms with E-state index in [1.807, 2.05) is 31.5 Å². The van der Waals surface area contributed by atoms with Gasteiger partial charge in [-0.2, -0.15) is 4.98 Å². The van der Waals surface area contributed by atoms with Crippen LogP contribution >= 0.6 is 0 Å². The molecule has 0 saturated carbocycles. The number of rotatable bonds is 3. The maximum Gasteiger partial charge on any atom is 0.251 e. The van der Waals surface area contributed by atoms with E-state index in [1.54, 1.807) is 0 Å². The zero-order valence-electron chi connectivity index (χ0n) is 14.6. The Kier molecular flexibility index (Phi) is 3.49. The summed E-state index contributed by atoms with van der Waals surface area (Å²) in [6.45, 7) is 7.73. The first-order chi connectivity index (χ1) is 12.0. The Morgan fingerprint density at radius 3 is 2.92 bits per heavy atom. The largest absolute Gasteiger partial charge is 0.354 e. The van der Waals surface area contributed by atoms with Crippen molar-refractivity contribution in [3.8, 4) is 11.1 Å². The molecular formula is C19H21N5O. The molecule has 0 radical (unpaired) electrons. The summed E-state index contributed by atoms with van der Waals surface area (Å²) >= 11 is 0. The van der Waals surface area contributed by atoms with Gasteiger partial charge in [0.2, 0.25) is 5.95 Å². The number of hydrogen-bond acceptors (Lipinski definition) is 4. The number of carbonyl (C=O) groups is 1. The summed E-state index contributed by atoms with van der Waals surface area (Å²) in [6, 6.07) is 6.02. The molecule has 3 aromatic rings. The quantitative estimate of drug-likeness (QED) is 0.687. The first-order valence-corrected chi connectivity index (χ1v) is 8.50. The molecule has 0 atom stereocenters. The maximum atomic E-state index is 12.1.